The molecule has 1 aliphatic rings. The van der Waals surface area contributed by atoms with Gasteiger partial charge in [-0.25, -0.2) is 0 Å². The molecule has 3 heteroatoms. The van der Waals surface area contributed by atoms with Crippen molar-refractivity contribution >= 4 is 0 Å². The van der Waals surface area contributed by atoms with E-state index in [4.69, 9.17) is 4.42 Å². The molecule has 1 aromatic heterocycles. The van der Waals surface area contributed by atoms with Crippen molar-refractivity contribution in [3.8, 4) is 0 Å². The molecular formula is C18H24N2O. The number of likely N-dealkylation sites (N-methyl/N-ethyl adjacent to an activating group) is 1. The van der Waals surface area contributed by atoms with Gasteiger partial charge < -0.3 is 9.73 Å². The minimum atomic E-state index is 0.272. The lowest BCUT2D eigenvalue weighted by atomic mass is 10.0. The molecule has 0 fully saturated rings. The Morgan fingerprint density at radius 3 is 2.90 bits per heavy atom. The van der Waals surface area contributed by atoms with Crippen LogP contribution in [0, 0.1) is 6.92 Å². The molecule has 1 N–H and O–H groups in total. The van der Waals surface area contributed by atoms with Gasteiger partial charge >= 0.3 is 0 Å². The lowest BCUT2D eigenvalue weighted by Crippen LogP contribution is -2.32. The maximum Gasteiger partial charge on any atom is 0.122 e. The largest absolute Gasteiger partial charge is 0.468 e. The van der Waals surface area contributed by atoms with Crippen molar-refractivity contribution < 1.29 is 4.42 Å². The fourth-order valence-corrected chi connectivity index (χ4v) is 3.21. The highest BCUT2D eigenvalue weighted by Crippen LogP contribution is 2.32. The van der Waals surface area contributed by atoms with Crippen LogP contribution in [0.5, 0.6) is 0 Å². The number of furan rings is 1. The van der Waals surface area contributed by atoms with Crippen LogP contribution in [0.1, 0.15) is 41.0 Å². The second-order valence-electron chi connectivity index (χ2n) is 6.20. The van der Waals surface area contributed by atoms with Crippen LogP contribution in [0.3, 0.4) is 0 Å². The second-order valence-corrected chi connectivity index (χ2v) is 6.20. The molecule has 112 valence electrons. The number of aryl methyl sites for hydroxylation is 2. The summed E-state index contributed by atoms with van der Waals surface area (Å²) >= 11 is 0. The Kier molecular flexibility index (Phi) is 4.13. The highest BCUT2D eigenvalue weighted by Gasteiger charge is 2.24. The molecule has 3 rings (SSSR count). The van der Waals surface area contributed by atoms with Crippen LogP contribution in [0.15, 0.2) is 41.0 Å². The number of hydrogen-bond acceptors (Lipinski definition) is 3. The van der Waals surface area contributed by atoms with Crippen LogP contribution in [0.2, 0.25) is 0 Å². The standard InChI is InChI=1S/C18H24N2O/c1-13-6-7-14-8-9-16(15(14)11-13)19-12-17(20(2)3)18-5-4-10-21-18/h4-7,10-11,16-17,19H,8-9,12H2,1-3H3. The van der Waals surface area contributed by atoms with E-state index in [1.54, 1.807) is 6.26 Å². The Bertz CT molecular complexity index is 589. The van der Waals surface area contributed by atoms with Crippen molar-refractivity contribution in [2.75, 3.05) is 20.6 Å². The van der Waals surface area contributed by atoms with E-state index in [0.717, 1.165) is 12.3 Å². The van der Waals surface area contributed by atoms with Crippen molar-refractivity contribution in [2.24, 2.45) is 0 Å². The van der Waals surface area contributed by atoms with E-state index in [1.165, 1.54) is 29.5 Å². The Morgan fingerprint density at radius 2 is 2.19 bits per heavy atom. The molecule has 1 aliphatic carbocycles. The van der Waals surface area contributed by atoms with Crippen LogP contribution < -0.4 is 5.32 Å². The van der Waals surface area contributed by atoms with Gasteiger partial charge in [0.1, 0.15) is 5.76 Å². The molecule has 21 heavy (non-hydrogen) atoms. The molecule has 0 spiro atoms. The fourth-order valence-electron chi connectivity index (χ4n) is 3.21. The van der Waals surface area contributed by atoms with E-state index >= 15 is 0 Å². The number of nitrogens with one attached hydrogen (secondary N) is 1. The molecule has 0 saturated carbocycles. The summed E-state index contributed by atoms with van der Waals surface area (Å²) < 4.78 is 5.58. The van der Waals surface area contributed by atoms with Crippen LogP contribution in [-0.2, 0) is 6.42 Å². The fraction of sp³-hybridized carbons (Fsp3) is 0.444. The first-order chi connectivity index (χ1) is 10.1. The lowest BCUT2D eigenvalue weighted by Gasteiger charge is -2.25. The van der Waals surface area contributed by atoms with Crippen molar-refractivity contribution in [2.45, 2.75) is 31.8 Å². The molecule has 1 aromatic carbocycles. The van der Waals surface area contributed by atoms with Crippen molar-refractivity contribution in [3.05, 3.63) is 59.0 Å². The Balaban J connectivity index is 1.70. The topological polar surface area (TPSA) is 28.4 Å². The zero-order valence-electron chi connectivity index (χ0n) is 13.1. The molecule has 1 heterocycles. The highest BCUT2D eigenvalue weighted by molar-refractivity contribution is 5.37. The Morgan fingerprint density at radius 1 is 1.33 bits per heavy atom. The number of hydrogen-bond donors (Lipinski definition) is 1. The Labute approximate surface area is 127 Å². The van der Waals surface area contributed by atoms with Gasteiger partial charge in [-0.05, 0) is 57.1 Å². The summed E-state index contributed by atoms with van der Waals surface area (Å²) in [5.74, 6) is 1.02. The predicted octanol–water partition coefficient (Wildman–Crippen LogP) is 3.47. The van der Waals surface area contributed by atoms with Gasteiger partial charge in [-0.3, -0.25) is 4.90 Å². The molecule has 0 saturated heterocycles. The van der Waals surface area contributed by atoms with E-state index < -0.39 is 0 Å². The number of benzene rings is 1. The average Bonchev–Trinajstić information content (AvgIpc) is 3.09. The summed E-state index contributed by atoms with van der Waals surface area (Å²) in [6.45, 7) is 3.07. The predicted molar refractivity (Wildman–Crippen MR) is 85.4 cm³/mol. The normalized spacial score (nSPS) is 19.0. The number of nitrogens with zero attached hydrogens (tertiary/aromatic N) is 1. The van der Waals surface area contributed by atoms with E-state index in [-0.39, 0.29) is 6.04 Å². The van der Waals surface area contributed by atoms with E-state index in [2.05, 4.69) is 55.5 Å². The van der Waals surface area contributed by atoms with Gasteiger partial charge in [0.05, 0.1) is 12.3 Å². The first-order valence-corrected chi connectivity index (χ1v) is 7.68. The summed E-state index contributed by atoms with van der Waals surface area (Å²) in [7, 11) is 4.20. The molecule has 2 unspecified atom stereocenters. The zero-order valence-corrected chi connectivity index (χ0v) is 13.1. The average molecular weight is 284 g/mol. The highest BCUT2D eigenvalue weighted by atomic mass is 16.3. The van der Waals surface area contributed by atoms with E-state index in [1.807, 2.05) is 6.07 Å². The monoisotopic (exact) mass is 284 g/mol. The molecule has 3 nitrogen and oxygen atoms in total. The molecule has 2 atom stereocenters. The van der Waals surface area contributed by atoms with E-state index in [0.29, 0.717) is 6.04 Å². The van der Waals surface area contributed by atoms with Crippen LogP contribution in [0.4, 0.5) is 0 Å². The Hall–Kier alpha value is -1.58. The van der Waals surface area contributed by atoms with Crippen molar-refractivity contribution in [1.29, 1.82) is 0 Å². The van der Waals surface area contributed by atoms with Crippen LogP contribution >= 0.6 is 0 Å². The minimum Gasteiger partial charge on any atom is -0.468 e. The third-order valence-corrected chi connectivity index (χ3v) is 4.43. The minimum absolute atomic E-state index is 0.272. The number of fused-ring (bicyclic) bond motifs is 1. The van der Waals surface area contributed by atoms with Crippen molar-refractivity contribution in [1.82, 2.24) is 10.2 Å². The third kappa shape index (κ3) is 3.04. The smallest absolute Gasteiger partial charge is 0.122 e. The second kappa shape index (κ2) is 6.04. The summed E-state index contributed by atoms with van der Waals surface area (Å²) in [5.41, 5.74) is 4.32. The zero-order chi connectivity index (χ0) is 14.8. The third-order valence-electron chi connectivity index (χ3n) is 4.43. The first-order valence-electron chi connectivity index (χ1n) is 7.68. The van der Waals surface area contributed by atoms with Crippen LogP contribution in [0.25, 0.3) is 0 Å². The SMILES string of the molecule is Cc1ccc2c(c1)C(NCC(c1ccco1)N(C)C)CC2. The summed E-state index contributed by atoms with van der Waals surface area (Å²) in [6, 6.07) is 11.6. The molecule has 0 bridgehead atoms. The number of rotatable bonds is 5. The molecule has 0 aliphatic heterocycles. The quantitative estimate of drug-likeness (QED) is 0.911. The summed E-state index contributed by atoms with van der Waals surface area (Å²) in [6.07, 6.45) is 4.12. The summed E-state index contributed by atoms with van der Waals surface area (Å²) in [5, 5.41) is 3.73. The van der Waals surface area contributed by atoms with Gasteiger partial charge in [0, 0.05) is 12.6 Å². The maximum absolute atomic E-state index is 5.58. The molecule has 0 radical (unpaired) electrons. The van der Waals surface area contributed by atoms with Gasteiger partial charge in [-0.1, -0.05) is 23.8 Å². The summed E-state index contributed by atoms with van der Waals surface area (Å²) in [4.78, 5) is 2.21. The lowest BCUT2D eigenvalue weighted by molar-refractivity contribution is 0.243. The molecule has 2 aromatic rings. The van der Waals surface area contributed by atoms with Crippen LogP contribution in [-0.4, -0.2) is 25.5 Å². The molecular weight excluding hydrogens is 260 g/mol. The van der Waals surface area contributed by atoms with Gasteiger partial charge in [0.25, 0.3) is 0 Å². The molecule has 0 amide bonds. The van der Waals surface area contributed by atoms with Gasteiger partial charge in [-0.15, -0.1) is 0 Å². The van der Waals surface area contributed by atoms with Gasteiger partial charge in [0.2, 0.25) is 0 Å². The van der Waals surface area contributed by atoms with Gasteiger partial charge in [-0.2, -0.15) is 0 Å². The first kappa shape index (κ1) is 14.4. The van der Waals surface area contributed by atoms with Gasteiger partial charge in [0.15, 0.2) is 0 Å². The van der Waals surface area contributed by atoms with Crippen molar-refractivity contribution in [3.63, 3.8) is 0 Å². The van der Waals surface area contributed by atoms with E-state index in [9.17, 15) is 0 Å². The maximum atomic E-state index is 5.58.